The van der Waals surface area contributed by atoms with Crippen LogP contribution in [0.5, 0.6) is 0 Å². The Morgan fingerprint density at radius 3 is 2.68 bits per heavy atom. The van der Waals surface area contributed by atoms with Crippen LogP contribution in [0.4, 0.5) is 5.69 Å². The molecule has 1 aromatic carbocycles. The van der Waals surface area contributed by atoms with E-state index in [1.807, 2.05) is 0 Å². The van der Waals surface area contributed by atoms with Crippen molar-refractivity contribution >= 4 is 21.6 Å². The summed E-state index contributed by atoms with van der Waals surface area (Å²) in [5.41, 5.74) is 0.645. The summed E-state index contributed by atoms with van der Waals surface area (Å²) in [4.78, 5) is 19.8. The lowest BCUT2D eigenvalue weighted by molar-refractivity contribution is 0.102. The number of hydrogen-bond acceptors (Lipinski definition) is 6. The lowest BCUT2D eigenvalue weighted by Gasteiger charge is -2.12. The third kappa shape index (κ3) is 4.59. The molecule has 1 amide bonds. The minimum absolute atomic E-state index is 0.0691. The first-order chi connectivity index (χ1) is 12.0. The minimum Gasteiger partial charge on any atom is -0.377 e. The van der Waals surface area contributed by atoms with Crippen molar-refractivity contribution in [2.75, 3.05) is 18.5 Å². The zero-order valence-corrected chi connectivity index (χ0v) is 14.2. The van der Waals surface area contributed by atoms with Crippen LogP contribution in [0.2, 0.25) is 0 Å². The lowest BCUT2D eigenvalue weighted by Crippen LogP contribution is -2.31. The average Bonchev–Trinajstić information content (AvgIpc) is 3.15. The molecule has 2 N–H and O–H groups in total. The molecule has 2 heterocycles. The molecule has 0 aliphatic carbocycles. The van der Waals surface area contributed by atoms with E-state index in [4.69, 9.17) is 4.74 Å². The second kappa shape index (κ2) is 7.68. The highest BCUT2D eigenvalue weighted by Gasteiger charge is 2.20. The molecule has 1 atom stereocenters. The number of benzene rings is 1. The summed E-state index contributed by atoms with van der Waals surface area (Å²) in [6, 6.07) is 5.91. The van der Waals surface area contributed by atoms with E-state index in [1.54, 1.807) is 0 Å². The highest BCUT2D eigenvalue weighted by atomic mass is 32.2. The van der Waals surface area contributed by atoms with Gasteiger partial charge < -0.3 is 10.1 Å². The molecule has 1 aliphatic heterocycles. The topological polar surface area (TPSA) is 110 Å². The van der Waals surface area contributed by atoms with Crippen molar-refractivity contribution < 1.29 is 17.9 Å². The Balaban J connectivity index is 1.62. The normalized spacial score (nSPS) is 17.4. The number of anilines is 1. The molecule has 1 saturated heterocycles. The van der Waals surface area contributed by atoms with Crippen LogP contribution in [-0.4, -0.2) is 43.5 Å². The maximum Gasteiger partial charge on any atom is 0.275 e. The Hall–Kier alpha value is -2.36. The van der Waals surface area contributed by atoms with Crippen molar-refractivity contribution in [2.24, 2.45) is 0 Å². The summed E-state index contributed by atoms with van der Waals surface area (Å²) in [7, 11) is -3.61. The van der Waals surface area contributed by atoms with Crippen molar-refractivity contribution in [3.63, 3.8) is 0 Å². The number of ether oxygens (including phenoxy) is 1. The molecule has 25 heavy (non-hydrogen) atoms. The van der Waals surface area contributed by atoms with Crippen LogP contribution in [0.25, 0.3) is 0 Å². The van der Waals surface area contributed by atoms with E-state index in [1.165, 1.54) is 42.9 Å². The van der Waals surface area contributed by atoms with E-state index in [0.29, 0.717) is 12.3 Å². The van der Waals surface area contributed by atoms with Gasteiger partial charge in [-0.25, -0.2) is 18.1 Å². The molecule has 1 aliphatic rings. The predicted molar refractivity (Wildman–Crippen MR) is 90.6 cm³/mol. The molecule has 1 aromatic heterocycles. The highest BCUT2D eigenvalue weighted by Crippen LogP contribution is 2.16. The minimum atomic E-state index is -3.61. The van der Waals surface area contributed by atoms with E-state index in [9.17, 15) is 13.2 Å². The predicted octanol–water partition coefficient (Wildman–Crippen LogP) is 1.19. The number of hydrogen-bond donors (Lipinski definition) is 2. The second-order valence-corrected chi connectivity index (χ2v) is 7.32. The van der Waals surface area contributed by atoms with E-state index in [0.717, 1.165) is 12.8 Å². The van der Waals surface area contributed by atoms with Crippen molar-refractivity contribution in [1.82, 2.24) is 14.7 Å². The molecule has 1 fully saturated rings. The third-order valence-corrected chi connectivity index (χ3v) is 5.18. The van der Waals surface area contributed by atoms with E-state index >= 15 is 0 Å². The van der Waals surface area contributed by atoms with Crippen LogP contribution in [0.3, 0.4) is 0 Å². The number of amides is 1. The van der Waals surface area contributed by atoms with Crippen LogP contribution in [0, 0.1) is 0 Å². The molecule has 8 nitrogen and oxygen atoms in total. The van der Waals surface area contributed by atoms with Gasteiger partial charge >= 0.3 is 0 Å². The summed E-state index contributed by atoms with van der Waals surface area (Å²) >= 11 is 0. The molecule has 0 spiro atoms. The first kappa shape index (κ1) is 17.5. The second-order valence-electron chi connectivity index (χ2n) is 5.56. The number of nitrogens with one attached hydrogen (secondary N) is 2. The summed E-state index contributed by atoms with van der Waals surface area (Å²) in [5, 5.41) is 2.64. The van der Waals surface area contributed by atoms with E-state index in [2.05, 4.69) is 20.0 Å². The van der Waals surface area contributed by atoms with Gasteiger partial charge in [0, 0.05) is 31.2 Å². The van der Waals surface area contributed by atoms with Crippen molar-refractivity contribution in [1.29, 1.82) is 0 Å². The van der Waals surface area contributed by atoms with E-state index in [-0.39, 0.29) is 23.2 Å². The molecule has 3 rings (SSSR count). The number of aromatic nitrogens is 2. The van der Waals surface area contributed by atoms with Crippen LogP contribution < -0.4 is 10.0 Å². The maximum absolute atomic E-state index is 12.3. The molecule has 2 aromatic rings. The fraction of sp³-hybridized carbons (Fsp3) is 0.312. The van der Waals surface area contributed by atoms with Gasteiger partial charge in [0.05, 0.1) is 17.2 Å². The Morgan fingerprint density at radius 2 is 2.04 bits per heavy atom. The molecule has 132 valence electrons. The molecular weight excluding hydrogens is 344 g/mol. The van der Waals surface area contributed by atoms with Gasteiger partial charge in [-0.2, -0.15) is 0 Å². The van der Waals surface area contributed by atoms with Gasteiger partial charge in [0.2, 0.25) is 10.0 Å². The number of carbonyl (C=O) groups is 1. The monoisotopic (exact) mass is 362 g/mol. The Kier molecular flexibility index (Phi) is 5.37. The zero-order valence-electron chi connectivity index (χ0n) is 13.4. The quantitative estimate of drug-likeness (QED) is 0.799. The smallest absolute Gasteiger partial charge is 0.275 e. The summed E-state index contributed by atoms with van der Waals surface area (Å²) in [6.07, 6.45) is 5.98. The number of sulfonamides is 1. The molecule has 0 unspecified atom stereocenters. The molecule has 0 radical (unpaired) electrons. The maximum atomic E-state index is 12.3. The lowest BCUT2D eigenvalue weighted by atomic mass is 10.2. The van der Waals surface area contributed by atoms with Gasteiger partial charge in [-0.3, -0.25) is 9.78 Å². The summed E-state index contributed by atoms with van der Waals surface area (Å²) in [6.45, 7) is 0.931. The first-order valence-corrected chi connectivity index (χ1v) is 9.31. The Labute approximate surface area is 145 Å². The number of rotatable bonds is 6. The van der Waals surface area contributed by atoms with Crippen LogP contribution in [0.15, 0.2) is 47.8 Å². The van der Waals surface area contributed by atoms with Gasteiger partial charge in [-0.1, -0.05) is 0 Å². The third-order valence-electron chi connectivity index (χ3n) is 3.74. The van der Waals surface area contributed by atoms with Gasteiger partial charge in [-0.15, -0.1) is 0 Å². The number of nitrogens with zero attached hydrogens (tertiary/aromatic N) is 2. The van der Waals surface area contributed by atoms with Crippen molar-refractivity contribution in [2.45, 2.75) is 23.8 Å². The molecule has 0 bridgehead atoms. The van der Waals surface area contributed by atoms with Gasteiger partial charge in [0.25, 0.3) is 5.91 Å². The fourth-order valence-electron chi connectivity index (χ4n) is 2.42. The Bertz CT molecular complexity index is 819. The standard InChI is InChI=1S/C16H18N4O4S/c21-16(15-11-17-7-8-18-15)20-12-3-5-14(6-4-12)25(22,23)19-10-13-2-1-9-24-13/h3-8,11,13,19H,1-2,9-10H2,(H,20,21)/t13-/m0/s1. The molecular formula is C16H18N4O4S. The van der Waals surface area contributed by atoms with Gasteiger partial charge in [-0.05, 0) is 37.1 Å². The fourth-order valence-corrected chi connectivity index (χ4v) is 3.49. The summed E-state index contributed by atoms with van der Waals surface area (Å²) < 4.78 is 32.5. The van der Waals surface area contributed by atoms with Gasteiger partial charge in [0.1, 0.15) is 5.69 Å². The van der Waals surface area contributed by atoms with Gasteiger partial charge in [0.15, 0.2) is 0 Å². The Morgan fingerprint density at radius 1 is 1.24 bits per heavy atom. The van der Waals surface area contributed by atoms with E-state index < -0.39 is 15.9 Å². The van der Waals surface area contributed by atoms with Crippen LogP contribution in [0.1, 0.15) is 23.3 Å². The molecule has 9 heteroatoms. The molecule has 0 saturated carbocycles. The largest absolute Gasteiger partial charge is 0.377 e. The first-order valence-electron chi connectivity index (χ1n) is 7.83. The van der Waals surface area contributed by atoms with Crippen LogP contribution >= 0.6 is 0 Å². The van der Waals surface area contributed by atoms with Crippen molar-refractivity contribution in [3.8, 4) is 0 Å². The van der Waals surface area contributed by atoms with Crippen molar-refractivity contribution in [3.05, 3.63) is 48.5 Å². The zero-order chi connectivity index (χ0) is 17.7. The number of carbonyl (C=O) groups excluding carboxylic acids is 1. The van der Waals surface area contributed by atoms with Crippen LogP contribution in [-0.2, 0) is 14.8 Å². The SMILES string of the molecule is O=C(Nc1ccc(S(=O)(=O)NC[C@@H]2CCCO2)cc1)c1cnccn1. The highest BCUT2D eigenvalue weighted by molar-refractivity contribution is 7.89. The summed E-state index contributed by atoms with van der Waals surface area (Å²) in [5.74, 6) is -0.416. The average molecular weight is 362 g/mol.